The molecule has 6 heteroatoms. The zero-order valence-electron chi connectivity index (χ0n) is 16.3. The number of amides is 2. The van der Waals surface area contributed by atoms with Crippen molar-refractivity contribution in [2.24, 2.45) is 0 Å². The second kappa shape index (κ2) is 9.41. The van der Waals surface area contributed by atoms with Gasteiger partial charge in [-0.25, -0.2) is 0 Å². The summed E-state index contributed by atoms with van der Waals surface area (Å²) in [6.45, 7) is 0.405. The highest BCUT2D eigenvalue weighted by atomic mass is 16.5. The first-order valence-electron chi connectivity index (χ1n) is 9.05. The third-order valence-electron chi connectivity index (χ3n) is 4.37. The summed E-state index contributed by atoms with van der Waals surface area (Å²) in [5, 5.41) is 5.67. The van der Waals surface area contributed by atoms with E-state index in [1.165, 1.54) is 0 Å². The van der Waals surface area contributed by atoms with E-state index in [1.807, 2.05) is 24.3 Å². The van der Waals surface area contributed by atoms with Crippen molar-refractivity contribution in [3.05, 3.63) is 89.5 Å². The minimum Gasteiger partial charge on any atom is -0.497 e. The van der Waals surface area contributed by atoms with Gasteiger partial charge in [-0.05, 0) is 66.2 Å². The first kappa shape index (κ1) is 19.9. The van der Waals surface area contributed by atoms with Crippen LogP contribution < -0.4 is 20.1 Å². The molecule has 0 fully saturated rings. The van der Waals surface area contributed by atoms with Crippen LogP contribution in [0.5, 0.6) is 11.5 Å². The van der Waals surface area contributed by atoms with Crippen molar-refractivity contribution in [3.63, 3.8) is 0 Å². The van der Waals surface area contributed by atoms with Crippen LogP contribution in [0.25, 0.3) is 0 Å². The summed E-state index contributed by atoms with van der Waals surface area (Å²) in [6, 6.07) is 21.1. The van der Waals surface area contributed by atoms with Gasteiger partial charge >= 0.3 is 0 Å². The maximum Gasteiger partial charge on any atom is 0.255 e. The van der Waals surface area contributed by atoms with E-state index in [9.17, 15) is 9.59 Å². The molecule has 0 saturated carbocycles. The summed E-state index contributed by atoms with van der Waals surface area (Å²) >= 11 is 0. The summed E-state index contributed by atoms with van der Waals surface area (Å²) < 4.78 is 10.2. The maximum atomic E-state index is 12.4. The lowest BCUT2D eigenvalue weighted by Crippen LogP contribution is -2.23. The maximum absolute atomic E-state index is 12.4. The number of benzene rings is 3. The van der Waals surface area contributed by atoms with Crippen LogP contribution in [0.2, 0.25) is 0 Å². The minimum atomic E-state index is -0.250. The van der Waals surface area contributed by atoms with E-state index >= 15 is 0 Å². The van der Waals surface area contributed by atoms with E-state index < -0.39 is 0 Å². The van der Waals surface area contributed by atoms with Gasteiger partial charge in [0, 0.05) is 23.4 Å². The van der Waals surface area contributed by atoms with Gasteiger partial charge in [-0.3, -0.25) is 9.59 Å². The van der Waals surface area contributed by atoms with E-state index in [0.717, 1.165) is 11.3 Å². The number of hydrogen-bond donors (Lipinski definition) is 2. The third-order valence-corrected chi connectivity index (χ3v) is 4.37. The number of carbonyl (C=O) groups is 2. The summed E-state index contributed by atoms with van der Waals surface area (Å²) in [4.78, 5) is 24.7. The van der Waals surface area contributed by atoms with Crippen LogP contribution in [0.3, 0.4) is 0 Å². The molecule has 0 heterocycles. The van der Waals surface area contributed by atoms with Gasteiger partial charge in [0.2, 0.25) is 0 Å². The fourth-order valence-electron chi connectivity index (χ4n) is 2.68. The Kier molecular flexibility index (Phi) is 6.47. The third kappa shape index (κ3) is 5.35. The Labute approximate surface area is 169 Å². The summed E-state index contributed by atoms with van der Waals surface area (Å²) in [5.74, 6) is 1.03. The zero-order valence-corrected chi connectivity index (χ0v) is 16.3. The molecule has 3 rings (SSSR count). The molecule has 2 N–H and O–H groups in total. The molecule has 2 amide bonds. The Hall–Kier alpha value is -3.80. The van der Waals surface area contributed by atoms with Gasteiger partial charge in [0.05, 0.1) is 14.2 Å². The lowest BCUT2D eigenvalue weighted by Gasteiger charge is -2.08. The second-order valence-corrected chi connectivity index (χ2v) is 6.29. The Balaban J connectivity index is 1.56. The van der Waals surface area contributed by atoms with Crippen molar-refractivity contribution in [1.82, 2.24) is 5.32 Å². The average Bonchev–Trinajstić information content (AvgIpc) is 2.78. The largest absolute Gasteiger partial charge is 0.497 e. The van der Waals surface area contributed by atoms with Crippen LogP contribution in [0, 0.1) is 0 Å². The van der Waals surface area contributed by atoms with Crippen molar-refractivity contribution in [2.75, 3.05) is 19.5 Å². The Morgan fingerprint density at radius 3 is 1.69 bits per heavy atom. The van der Waals surface area contributed by atoms with Crippen LogP contribution in [-0.4, -0.2) is 26.0 Å². The smallest absolute Gasteiger partial charge is 0.255 e. The van der Waals surface area contributed by atoms with Gasteiger partial charge in [0.25, 0.3) is 11.8 Å². The molecular weight excluding hydrogens is 368 g/mol. The number of nitrogens with one attached hydrogen (secondary N) is 2. The number of carbonyl (C=O) groups excluding carboxylic acids is 2. The topological polar surface area (TPSA) is 76.7 Å². The highest BCUT2D eigenvalue weighted by Gasteiger charge is 2.09. The van der Waals surface area contributed by atoms with Gasteiger partial charge in [0.1, 0.15) is 11.5 Å². The number of anilines is 1. The van der Waals surface area contributed by atoms with Crippen molar-refractivity contribution < 1.29 is 19.1 Å². The molecule has 3 aromatic rings. The molecule has 148 valence electrons. The average molecular weight is 390 g/mol. The lowest BCUT2D eigenvalue weighted by molar-refractivity contribution is 0.0949. The molecule has 0 unspecified atom stereocenters. The van der Waals surface area contributed by atoms with Gasteiger partial charge < -0.3 is 20.1 Å². The molecule has 0 atom stereocenters. The molecule has 0 radical (unpaired) electrons. The van der Waals surface area contributed by atoms with Gasteiger partial charge in [-0.2, -0.15) is 0 Å². The molecule has 0 aliphatic rings. The highest BCUT2D eigenvalue weighted by Crippen LogP contribution is 2.16. The predicted molar refractivity (Wildman–Crippen MR) is 112 cm³/mol. The predicted octanol–water partition coefficient (Wildman–Crippen LogP) is 3.89. The number of ether oxygens (including phenoxy) is 2. The van der Waals surface area contributed by atoms with Crippen LogP contribution >= 0.6 is 0 Å². The van der Waals surface area contributed by atoms with E-state index in [-0.39, 0.29) is 11.8 Å². The van der Waals surface area contributed by atoms with Crippen molar-refractivity contribution in [2.45, 2.75) is 6.54 Å². The fraction of sp³-hybridized carbons (Fsp3) is 0.130. The van der Waals surface area contributed by atoms with E-state index in [1.54, 1.807) is 62.8 Å². The second-order valence-electron chi connectivity index (χ2n) is 6.29. The summed E-state index contributed by atoms with van der Waals surface area (Å²) in [5.41, 5.74) is 2.58. The summed E-state index contributed by atoms with van der Waals surface area (Å²) in [7, 11) is 3.19. The van der Waals surface area contributed by atoms with Gasteiger partial charge in [-0.15, -0.1) is 0 Å². The van der Waals surface area contributed by atoms with Gasteiger partial charge in [0.15, 0.2) is 0 Å². The zero-order chi connectivity index (χ0) is 20.6. The fourth-order valence-corrected chi connectivity index (χ4v) is 2.68. The van der Waals surface area contributed by atoms with Crippen LogP contribution in [0.15, 0.2) is 72.8 Å². The molecular formula is C23H22N2O4. The number of rotatable bonds is 7. The molecule has 0 aromatic heterocycles. The van der Waals surface area contributed by atoms with Gasteiger partial charge in [-0.1, -0.05) is 12.1 Å². The van der Waals surface area contributed by atoms with Crippen molar-refractivity contribution in [1.29, 1.82) is 0 Å². The highest BCUT2D eigenvalue weighted by molar-refractivity contribution is 6.05. The molecule has 6 nitrogen and oxygen atoms in total. The van der Waals surface area contributed by atoms with Crippen LogP contribution in [0.4, 0.5) is 5.69 Å². The molecule has 3 aromatic carbocycles. The van der Waals surface area contributed by atoms with E-state index in [0.29, 0.717) is 29.1 Å². The molecule has 0 bridgehead atoms. The van der Waals surface area contributed by atoms with Crippen molar-refractivity contribution >= 4 is 17.5 Å². The quantitative estimate of drug-likeness (QED) is 0.642. The molecule has 0 saturated heterocycles. The summed E-state index contributed by atoms with van der Waals surface area (Å²) in [6.07, 6.45) is 0. The number of hydrogen-bond acceptors (Lipinski definition) is 4. The van der Waals surface area contributed by atoms with E-state index in [4.69, 9.17) is 9.47 Å². The Morgan fingerprint density at radius 2 is 1.17 bits per heavy atom. The molecule has 29 heavy (non-hydrogen) atoms. The van der Waals surface area contributed by atoms with Crippen molar-refractivity contribution in [3.8, 4) is 11.5 Å². The van der Waals surface area contributed by atoms with E-state index in [2.05, 4.69) is 10.6 Å². The monoisotopic (exact) mass is 390 g/mol. The Bertz CT molecular complexity index is 965. The van der Waals surface area contributed by atoms with Crippen LogP contribution in [0.1, 0.15) is 26.3 Å². The minimum absolute atomic E-state index is 0.206. The first-order valence-corrected chi connectivity index (χ1v) is 9.05. The Morgan fingerprint density at radius 1 is 0.690 bits per heavy atom. The number of methoxy groups -OCH3 is 2. The standard InChI is InChI=1S/C23H22N2O4/c1-28-20-11-3-16(4-12-20)15-24-22(26)17-5-7-18(8-6-17)23(27)25-19-9-13-21(29-2)14-10-19/h3-14H,15H2,1-2H3,(H,24,26)(H,25,27). The molecule has 0 aliphatic heterocycles. The normalized spacial score (nSPS) is 10.1. The van der Waals surface area contributed by atoms with Crippen LogP contribution in [-0.2, 0) is 6.54 Å². The SMILES string of the molecule is COc1ccc(CNC(=O)c2ccc(C(=O)Nc3ccc(OC)cc3)cc2)cc1. The first-order chi connectivity index (χ1) is 14.1. The molecule has 0 aliphatic carbocycles. The lowest BCUT2D eigenvalue weighted by atomic mass is 10.1. The molecule has 0 spiro atoms.